The van der Waals surface area contributed by atoms with Crippen molar-refractivity contribution in [3.63, 3.8) is 0 Å². The molecule has 0 spiro atoms. The van der Waals surface area contributed by atoms with Crippen LogP contribution in [0.15, 0.2) is 52.0 Å². The van der Waals surface area contributed by atoms with E-state index in [-0.39, 0.29) is 6.54 Å². The predicted molar refractivity (Wildman–Crippen MR) is 91.0 cm³/mol. The van der Waals surface area contributed by atoms with E-state index in [1.54, 1.807) is 12.1 Å². The monoisotopic (exact) mass is 390 g/mol. The number of hydrogen-bond donors (Lipinski definition) is 1. The van der Waals surface area contributed by atoms with Gasteiger partial charge in [0.1, 0.15) is 5.76 Å². The van der Waals surface area contributed by atoms with Crippen molar-refractivity contribution in [2.24, 2.45) is 0 Å². The van der Waals surface area contributed by atoms with Crippen LogP contribution >= 0.6 is 0 Å². The van der Waals surface area contributed by atoms with Crippen LogP contribution in [-0.2, 0) is 16.2 Å². The van der Waals surface area contributed by atoms with E-state index >= 15 is 0 Å². The number of sulfonamides is 1. The number of likely N-dealkylation sites (N-methyl/N-ethyl adjacent to an activating group) is 1. The number of alkyl halides is 3. The van der Waals surface area contributed by atoms with Gasteiger partial charge in [0.15, 0.2) is 0 Å². The van der Waals surface area contributed by atoms with Crippen LogP contribution in [-0.4, -0.2) is 33.0 Å². The van der Waals surface area contributed by atoms with Gasteiger partial charge in [-0.2, -0.15) is 13.2 Å². The molecule has 1 N–H and O–H groups in total. The maximum absolute atomic E-state index is 13.1. The minimum absolute atomic E-state index is 0.107. The third-order valence-corrected chi connectivity index (χ3v) is 5.56. The van der Waals surface area contributed by atoms with E-state index in [0.29, 0.717) is 18.8 Å². The molecule has 0 aliphatic carbocycles. The van der Waals surface area contributed by atoms with Gasteiger partial charge >= 0.3 is 6.18 Å². The van der Waals surface area contributed by atoms with Gasteiger partial charge in [-0.25, -0.2) is 13.1 Å². The Balaban J connectivity index is 2.29. The van der Waals surface area contributed by atoms with Crippen LogP contribution in [0.1, 0.15) is 31.2 Å². The van der Waals surface area contributed by atoms with Crippen molar-refractivity contribution in [2.75, 3.05) is 19.6 Å². The summed E-state index contributed by atoms with van der Waals surface area (Å²) in [4.78, 5) is 1.17. The lowest BCUT2D eigenvalue weighted by molar-refractivity contribution is -0.139. The number of nitrogens with zero attached hydrogens (tertiary/aromatic N) is 1. The topological polar surface area (TPSA) is 62.6 Å². The van der Waals surface area contributed by atoms with Gasteiger partial charge in [0.05, 0.1) is 22.8 Å². The summed E-state index contributed by atoms with van der Waals surface area (Å²) < 4.78 is 72.1. The van der Waals surface area contributed by atoms with E-state index < -0.39 is 32.7 Å². The molecule has 1 aromatic heterocycles. The molecule has 0 saturated carbocycles. The smallest absolute Gasteiger partial charge is 0.417 e. The van der Waals surface area contributed by atoms with Crippen LogP contribution in [0.3, 0.4) is 0 Å². The predicted octanol–water partition coefficient (Wildman–Crippen LogP) is 3.66. The van der Waals surface area contributed by atoms with Crippen molar-refractivity contribution in [1.29, 1.82) is 0 Å². The third kappa shape index (κ3) is 4.66. The second-order valence-corrected chi connectivity index (χ2v) is 7.33. The number of hydrogen-bond acceptors (Lipinski definition) is 4. The zero-order valence-corrected chi connectivity index (χ0v) is 15.3. The van der Waals surface area contributed by atoms with E-state index in [1.807, 2.05) is 18.7 Å². The number of halogens is 3. The van der Waals surface area contributed by atoms with Crippen LogP contribution in [0, 0.1) is 0 Å². The Morgan fingerprint density at radius 1 is 1.12 bits per heavy atom. The summed E-state index contributed by atoms with van der Waals surface area (Å²) in [6, 6.07) is 7.09. The summed E-state index contributed by atoms with van der Waals surface area (Å²) in [7, 11) is -4.35. The Morgan fingerprint density at radius 2 is 1.77 bits per heavy atom. The fraction of sp³-hybridized carbons (Fsp3) is 0.412. The molecule has 1 atom stereocenters. The number of rotatable bonds is 8. The summed E-state index contributed by atoms with van der Waals surface area (Å²) in [6.45, 7) is 4.97. The van der Waals surface area contributed by atoms with Gasteiger partial charge < -0.3 is 4.42 Å². The standard InChI is InChI=1S/C17H21F3N2O3S/c1-3-22(4-2)14(15-9-7-11-25-15)12-21-26(23,24)16-10-6-5-8-13(16)17(18,19)20/h5-11,14,21H,3-4,12H2,1-2H3. The molecule has 1 aromatic carbocycles. The van der Waals surface area contributed by atoms with Crippen molar-refractivity contribution in [3.8, 4) is 0 Å². The van der Waals surface area contributed by atoms with E-state index in [1.165, 1.54) is 12.3 Å². The number of furan rings is 1. The summed E-state index contributed by atoms with van der Waals surface area (Å²) in [6.07, 6.45) is -3.29. The molecule has 1 heterocycles. The van der Waals surface area contributed by atoms with Crippen molar-refractivity contribution in [1.82, 2.24) is 9.62 Å². The fourth-order valence-electron chi connectivity index (χ4n) is 2.76. The van der Waals surface area contributed by atoms with Crippen molar-refractivity contribution >= 4 is 10.0 Å². The molecule has 0 aliphatic heterocycles. The molecular formula is C17H21F3N2O3S. The molecule has 0 saturated heterocycles. The van der Waals surface area contributed by atoms with E-state index in [2.05, 4.69) is 4.72 Å². The molecule has 0 amide bonds. The number of nitrogens with one attached hydrogen (secondary N) is 1. The Labute approximate surface area is 150 Å². The molecular weight excluding hydrogens is 369 g/mol. The molecule has 0 bridgehead atoms. The van der Waals surface area contributed by atoms with Crippen LogP contribution < -0.4 is 4.72 Å². The second-order valence-electron chi connectivity index (χ2n) is 5.60. The van der Waals surface area contributed by atoms with Gasteiger partial charge in [-0.1, -0.05) is 26.0 Å². The van der Waals surface area contributed by atoms with Gasteiger partial charge in [0.2, 0.25) is 10.0 Å². The SMILES string of the molecule is CCN(CC)C(CNS(=O)(=O)c1ccccc1C(F)(F)F)c1ccco1. The highest BCUT2D eigenvalue weighted by Crippen LogP contribution is 2.34. The van der Waals surface area contributed by atoms with Crippen molar-refractivity contribution < 1.29 is 26.0 Å². The molecule has 5 nitrogen and oxygen atoms in total. The largest absolute Gasteiger partial charge is 0.468 e. The minimum Gasteiger partial charge on any atom is -0.468 e. The lowest BCUT2D eigenvalue weighted by atomic mass is 10.2. The Kier molecular flexibility index (Phi) is 6.48. The molecule has 144 valence electrons. The first kappa shape index (κ1) is 20.5. The molecule has 0 aliphatic rings. The Bertz CT molecular complexity index is 801. The van der Waals surface area contributed by atoms with E-state index in [0.717, 1.165) is 18.2 Å². The van der Waals surface area contributed by atoms with E-state index in [4.69, 9.17) is 4.42 Å². The Morgan fingerprint density at radius 3 is 2.31 bits per heavy atom. The van der Waals surface area contributed by atoms with Crippen LogP contribution in [0.4, 0.5) is 13.2 Å². The fourth-order valence-corrected chi connectivity index (χ4v) is 4.02. The highest BCUT2D eigenvalue weighted by molar-refractivity contribution is 7.89. The minimum atomic E-state index is -4.76. The lowest BCUT2D eigenvalue weighted by Crippen LogP contribution is -2.38. The summed E-state index contributed by atoms with van der Waals surface area (Å²) in [5.74, 6) is 0.542. The Hall–Kier alpha value is -1.84. The highest BCUT2D eigenvalue weighted by Gasteiger charge is 2.37. The lowest BCUT2D eigenvalue weighted by Gasteiger charge is -2.28. The highest BCUT2D eigenvalue weighted by atomic mass is 32.2. The first-order valence-corrected chi connectivity index (χ1v) is 9.62. The van der Waals surface area contributed by atoms with Gasteiger partial charge in [-0.05, 0) is 37.4 Å². The van der Waals surface area contributed by atoms with Crippen LogP contribution in [0.25, 0.3) is 0 Å². The van der Waals surface area contributed by atoms with Crippen LogP contribution in [0.2, 0.25) is 0 Å². The van der Waals surface area contributed by atoms with Crippen molar-refractivity contribution in [3.05, 3.63) is 54.0 Å². The molecule has 0 radical (unpaired) electrons. The summed E-state index contributed by atoms with van der Waals surface area (Å²) in [5, 5.41) is 0. The van der Waals surface area contributed by atoms with Gasteiger partial charge in [-0.3, -0.25) is 4.90 Å². The summed E-state index contributed by atoms with van der Waals surface area (Å²) in [5.41, 5.74) is -1.19. The first-order chi connectivity index (χ1) is 12.2. The zero-order chi connectivity index (χ0) is 19.4. The van der Waals surface area contributed by atoms with E-state index in [9.17, 15) is 21.6 Å². The maximum atomic E-state index is 13.1. The third-order valence-electron chi connectivity index (χ3n) is 4.07. The summed E-state index contributed by atoms with van der Waals surface area (Å²) >= 11 is 0. The van der Waals surface area contributed by atoms with Gasteiger partial charge in [0.25, 0.3) is 0 Å². The average molecular weight is 390 g/mol. The molecule has 0 fully saturated rings. The van der Waals surface area contributed by atoms with Gasteiger partial charge in [0, 0.05) is 6.54 Å². The quantitative estimate of drug-likeness (QED) is 0.747. The van der Waals surface area contributed by atoms with Gasteiger partial charge in [-0.15, -0.1) is 0 Å². The average Bonchev–Trinajstić information content (AvgIpc) is 3.12. The molecule has 2 aromatic rings. The first-order valence-electron chi connectivity index (χ1n) is 8.14. The molecule has 26 heavy (non-hydrogen) atoms. The normalized spacial score (nSPS) is 13.9. The van der Waals surface area contributed by atoms with Crippen molar-refractivity contribution in [2.45, 2.75) is 31.0 Å². The van der Waals surface area contributed by atoms with Crippen LogP contribution in [0.5, 0.6) is 0 Å². The second kappa shape index (κ2) is 8.24. The number of benzene rings is 1. The zero-order valence-electron chi connectivity index (χ0n) is 14.5. The molecule has 9 heteroatoms. The molecule has 2 rings (SSSR count). The molecule has 1 unspecified atom stereocenters. The maximum Gasteiger partial charge on any atom is 0.417 e.